The lowest BCUT2D eigenvalue weighted by Gasteiger charge is -2.29. The smallest absolute Gasteiger partial charge is 0.407 e. The molecule has 0 spiro atoms. The van der Waals surface area contributed by atoms with Crippen molar-refractivity contribution in [3.63, 3.8) is 0 Å². The highest BCUT2D eigenvalue weighted by molar-refractivity contribution is 6.31. The van der Waals surface area contributed by atoms with Crippen LogP contribution in [0, 0.1) is 5.92 Å². The predicted octanol–water partition coefficient (Wildman–Crippen LogP) is 4.90. The molecule has 152 valence electrons. The third-order valence-corrected chi connectivity index (χ3v) is 5.05. The Bertz CT molecular complexity index is 848. The molecule has 28 heavy (non-hydrogen) atoms. The molecule has 0 unspecified atom stereocenters. The van der Waals surface area contributed by atoms with E-state index in [1.807, 2.05) is 20.8 Å². The number of furan rings is 1. The molecule has 1 aliphatic rings. The van der Waals surface area contributed by atoms with Gasteiger partial charge in [0.15, 0.2) is 5.76 Å². The second kappa shape index (κ2) is 8.43. The number of carbonyl (C=O) groups is 2. The largest absolute Gasteiger partial charge is 0.451 e. The molecule has 0 atom stereocenters. The number of nitrogens with one attached hydrogen (secondary N) is 2. The summed E-state index contributed by atoms with van der Waals surface area (Å²) >= 11 is 5.98. The van der Waals surface area contributed by atoms with Crippen molar-refractivity contribution < 1.29 is 18.7 Å². The number of fused-ring (bicyclic) bond motifs is 1. The lowest BCUT2D eigenvalue weighted by atomic mass is 9.86. The minimum Gasteiger partial charge on any atom is -0.451 e. The summed E-state index contributed by atoms with van der Waals surface area (Å²) in [5, 5.41) is 7.31. The first-order valence-corrected chi connectivity index (χ1v) is 10.0. The van der Waals surface area contributed by atoms with Gasteiger partial charge in [0, 0.05) is 23.0 Å². The predicted molar refractivity (Wildman–Crippen MR) is 109 cm³/mol. The number of alkyl carbamates (subject to hydrolysis) is 1. The minimum atomic E-state index is -0.492. The van der Waals surface area contributed by atoms with Crippen molar-refractivity contribution in [2.75, 3.05) is 6.54 Å². The molecule has 1 saturated carbocycles. The number of ether oxygens (including phenoxy) is 1. The maximum absolute atomic E-state index is 12.5. The first kappa shape index (κ1) is 20.5. The molecule has 2 aromatic rings. The number of hydrogen-bond donors (Lipinski definition) is 2. The van der Waals surface area contributed by atoms with Crippen LogP contribution in [0.3, 0.4) is 0 Å². The number of halogens is 1. The summed E-state index contributed by atoms with van der Waals surface area (Å²) in [5.74, 6) is 0.489. The van der Waals surface area contributed by atoms with Crippen LogP contribution in [-0.2, 0) is 4.74 Å². The molecule has 1 aromatic heterocycles. The van der Waals surface area contributed by atoms with E-state index < -0.39 is 5.60 Å². The first-order valence-electron chi connectivity index (χ1n) is 9.66. The minimum absolute atomic E-state index is 0.113. The number of hydrogen-bond acceptors (Lipinski definition) is 4. The molecule has 1 aliphatic carbocycles. The zero-order valence-electron chi connectivity index (χ0n) is 16.5. The van der Waals surface area contributed by atoms with Gasteiger partial charge in [0.25, 0.3) is 5.91 Å². The second-order valence-electron chi connectivity index (χ2n) is 8.37. The fourth-order valence-electron chi connectivity index (χ4n) is 3.44. The maximum atomic E-state index is 12.5. The summed E-state index contributed by atoms with van der Waals surface area (Å²) in [6.45, 7) is 6.13. The molecule has 0 saturated heterocycles. The van der Waals surface area contributed by atoms with E-state index in [1.54, 1.807) is 24.3 Å². The lowest BCUT2D eigenvalue weighted by Crippen LogP contribution is -2.40. The Balaban J connectivity index is 1.44. The zero-order chi connectivity index (χ0) is 20.3. The Hall–Kier alpha value is -2.21. The molecule has 2 N–H and O–H groups in total. The number of rotatable bonds is 4. The Labute approximate surface area is 169 Å². The van der Waals surface area contributed by atoms with Gasteiger partial charge in [-0.05, 0) is 76.6 Å². The van der Waals surface area contributed by atoms with E-state index in [0.717, 1.165) is 31.1 Å². The van der Waals surface area contributed by atoms with Crippen molar-refractivity contribution in [3.05, 3.63) is 35.0 Å². The zero-order valence-corrected chi connectivity index (χ0v) is 17.3. The van der Waals surface area contributed by atoms with Gasteiger partial charge >= 0.3 is 6.09 Å². The molecule has 0 radical (unpaired) electrons. The molecule has 7 heteroatoms. The van der Waals surface area contributed by atoms with Gasteiger partial charge in [-0.1, -0.05) is 11.6 Å². The summed E-state index contributed by atoms with van der Waals surface area (Å²) in [6, 6.07) is 7.11. The van der Waals surface area contributed by atoms with Crippen molar-refractivity contribution in [3.8, 4) is 0 Å². The summed E-state index contributed by atoms with van der Waals surface area (Å²) in [4.78, 5) is 24.2. The normalized spacial score (nSPS) is 20.0. The first-order chi connectivity index (χ1) is 13.2. The van der Waals surface area contributed by atoms with Crippen molar-refractivity contribution in [1.29, 1.82) is 0 Å². The summed E-state index contributed by atoms with van der Waals surface area (Å²) in [6.07, 6.45) is 3.25. The van der Waals surface area contributed by atoms with E-state index in [1.165, 1.54) is 0 Å². The third kappa shape index (κ3) is 5.64. The summed E-state index contributed by atoms with van der Waals surface area (Å²) < 4.78 is 10.9. The maximum Gasteiger partial charge on any atom is 0.407 e. The van der Waals surface area contributed by atoms with E-state index in [0.29, 0.717) is 28.8 Å². The van der Waals surface area contributed by atoms with Crippen molar-refractivity contribution >= 4 is 34.6 Å². The highest BCUT2D eigenvalue weighted by atomic mass is 35.5. The molecule has 2 amide bonds. The van der Waals surface area contributed by atoms with Crippen LogP contribution in [-0.4, -0.2) is 30.2 Å². The summed E-state index contributed by atoms with van der Waals surface area (Å²) in [5.41, 5.74) is 0.153. The van der Waals surface area contributed by atoms with Crippen molar-refractivity contribution in [2.45, 2.75) is 58.1 Å². The monoisotopic (exact) mass is 406 g/mol. The van der Waals surface area contributed by atoms with E-state index in [9.17, 15) is 9.59 Å². The molecule has 1 heterocycles. The molecule has 3 rings (SSSR count). The molecular formula is C21H27ClN2O4. The van der Waals surface area contributed by atoms with E-state index in [2.05, 4.69) is 10.6 Å². The van der Waals surface area contributed by atoms with Gasteiger partial charge in [-0.2, -0.15) is 0 Å². The Kier molecular flexibility index (Phi) is 6.18. The number of benzene rings is 1. The molecule has 1 fully saturated rings. The SMILES string of the molecule is CC(C)(C)OC(=O)NC[C@H]1CC[C@H](NC(=O)c2cc3cc(Cl)ccc3o2)CC1. The van der Waals surface area contributed by atoms with E-state index >= 15 is 0 Å². The van der Waals surface area contributed by atoms with Gasteiger partial charge in [0.2, 0.25) is 0 Å². The Morgan fingerprint density at radius 3 is 2.57 bits per heavy atom. The van der Waals surface area contributed by atoms with Crippen LogP contribution >= 0.6 is 11.6 Å². The molecule has 0 bridgehead atoms. The average Bonchev–Trinajstić information content (AvgIpc) is 3.03. The molecule has 6 nitrogen and oxygen atoms in total. The number of carbonyl (C=O) groups excluding carboxylic acids is 2. The standard InChI is InChI=1S/C21H27ClN2O4/c1-21(2,3)28-20(26)23-12-13-4-7-16(8-5-13)24-19(25)18-11-14-10-15(22)6-9-17(14)27-18/h6,9-11,13,16H,4-5,7-8,12H2,1-3H3,(H,23,26)(H,24,25)/t13-,16-. The quantitative estimate of drug-likeness (QED) is 0.756. The highest BCUT2D eigenvalue weighted by Crippen LogP contribution is 2.26. The highest BCUT2D eigenvalue weighted by Gasteiger charge is 2.25. The summed E-state index contributed by atoms with van der Waals surface area (Å²) in [7, 11) is 0. The van der Waals surface area contributed by atoms with Gasteiger partial charge in [-0.25, -0.2) is 4.79 Å². The molecule has 1 aromatic carbocycles. The van der Waals surface area contributed by atoms with E-state index in [4.69, 9.17) is 20.8 Å². The second-order valence-corrected chi connectivity index (χ2v) is 8.80. The third-order valence-electron chi connectivity index (χ3n) is 4.82. The van der Waals surface area contributed by atoms with Crippen LogP contribution in [0.4, 0.5) is 4.79 Å². The van der Waals surface area contributed by atoms with Gasteiger partial charge < -0.3 is 19.8 Å². The topological polar surface area (TPSA) is 80.6 Å². The van der Waals surface area contributed by atoms with Crippen LogP contribution in [0.5, 0.6) is 0 Å². The van der Waals surface area contributed by atoms with E-state index in [-0.39, 0.29) is 18.0 Å². The van der Waals surface area contributed by atoms with Crippen LogP contribution in [0.25, 0.3) is 11.0 Å². The van der Waals surface area contributed by atoms with Gasteiger partial charge in [-0.3, -0.25) is 4.79 Å². The van der Waals surface area contributed by atoms with Crippen molar-refractivity contribution in [1.82, 2.24) is 10.6 Å². The lowest BCUT2D eigenvalue weighted by molar-refractivity contribution is 0.0514. The average molecular weight is 407 g/mol. The van der Waals surface area contributed by atoms with Crippen LogP contribution < -0.4 is 10.6 Å². The molecular weight excluding hydrogens is 380 g/mol. The van der Waals surface area contributed by atoms with Crippen LogP contribution in [0.15, 0.2) is 28.7 Å². The van der Waals surface area contributed by atoms with Gasteiger partial charge in [0.05, 0.1) is 0 Å². The number of amides is 2. The molecule has 0 aliphatic heterocycles. The van der Waals surface area contributed by atoms with Crippen LogP contribution in [0.2, 0.25) is 5.02 Å². The Morgan fingerprint density at radius 1 is 1.18 bits per heavy atom. The fourth-order valence-corrected chi connectivity index (χ4v) is 3.62. The van der Waals surface area contributed by atoms with Crippen molar-refractivity contribution in [2.24, 2.45) is 5.92 Å². The van der Waals surface area contributed by atoms with Gasteiger partial charge in [-0.15, -0.1) is 0 Å². The van der Waals surface area contributed by atoms with Crippen LogP contribution in [0.1, 0.15) is 57.0 Å². The van der Waals surface area contributed by atoms with Gasteiger partial charge in [0.1, 0.15) is 11.2 Å². The Morgan fingerprint density at radius 2 is 1.89 bits per heavy atom. The fraction of sp³-hybridized carbons (Fsp3) is 0.524.